The molecule has 1 aliphatic carbocycles. The average Bonchev–Trinajstić information content (AvgIpc) is 3.75. The molecule has 0 fully saturated rings. The largest absolute Gasteiger partial charge is 0.454 e. The molecule has 0 amide bonds. The number of rotatable bonds is 5. The fraction of sp³-hybridized carbons (Fsp3) is 0.0444. The van der Waals surface area contributed by atoms with Gasteiger partial charge in [0.05, 0.1) is 11.0 Å². The van der Waals surface area contributed by atoms with E-state index in [4.69, 9.17) is 19.4 Å². The molecule has 5 heteroatoms. The number of furan rings is 1. The number of benzene rings is 6. The highest BCUT2D eigenvalue weighted by molar-refractivity contribution is 6.22. The van der Waals surface area contributed by atoms with Crippen molar-refractivity contribution in [3.63, 3.8) is 0 Å². The maximum atomic E-state index is 6.57. The lowest BCUT2D eigenvalue weighted by Crippen LogP contribution is -2.09. The molecule has 0 bridgehead atoms. The Kier molecular flexibility index (Phi) is 6.56. The summed E-state index contributed by atoms with van der Waals surface area (Å²) >= 11 is 0. The zero-order valence-electron chi connectivity index (χ0n) is 27.1. The van der Waals surface area contributed by atoms with Crippen molar-refractivity contribution in [1.29, 1.82) is 0 Å². The zero-order chi connectivity index (χ0) is 33.0. The van der Waals surface area contributed by atoms with E-state index in [2.05, 4.69) is 132 Å². The van der Waals surface area contributed by atoms with Crippen molar-refractivity contribution in [2.45, 2.75) is 12.3 Å². The fourth-order valence-electron chi connectivity index (χ4n) is 7.34. The number of para-hydroxylation sites is 2. The summed E-state index contributed by atoms with van der Waals surface area (Å²) < 4.78 is 8.92. The van der Waals surface area contributed by atoms with E-state index in [1.165, 1.54) is 10.8 Å². The molecule has 3 aromatic heterocycles. The van der Waals surface area contributed by atoms with Crippen LogP contribution < -0.4 is 0 Å². The third-order valence-electron chi connectivity index (χ3n) is 9.76. The average molecular weight is 643 g/mol. The Hall–Kier alpha value is -6.59. The second-order valence-electron chi connectivity index (χ2n) is 12.8. The maximum Gasteiger partial charge on any atom is 0.163 e. The first-order chi connectivity index (χ1) is 24.8. The van der Waals surface area contributed by atoms with Crippen LogP contribution in [0.15, 0.2) is 168 Å². The van der Waals surface area contributed by atoms with Gasteiger partial charge >= 0.3 is 0 Å². The Balaban J connectivity index is 1.08. The van der Waals surface area contributed by atoms with Crippen molar-refractivity contribution in [3.8, 4) is 33.9 Å². The monoisotopic (exact) mass is 642 g/mol. The lowest BCUT2D eigenvalue weighted by molar-refractivity contribution is 0.671. The van der Waals surface area contributed by atoms with Crippen LogP contribution in [0.4, 0.5) is 0 Å². The molecule has 0 radical (unpaired) electrons. The molecule has 236 valence electrons. The van der Waals surface area contributed by atoms with Gasteiger partial charge in [-0.25, -0.2) is 15.0 Å². The molecular weight excluding hydrogens is 613 g/mol. The number of hydrogen-bond acceptors (Lipinski definition) is 4. The summed E-state index contributed by atoms with van der Waals surface area (Å²) in [6.45, 7) is 0. The smallest absolute Gasteiger partial charge is 0.163 e. The van der Waals surface area contributed by atoms with Gasteiger partial charge < -0.3 is 8.98 Å². The standard InChI is InChI=1S/C45H30N4O/c1-3-12-29(13-4-1)32-16-11-17-33(28-32)45-47-43(30-14-5-2-6-15-30)46-44(48-45)31-22-24-34(25-23-31)49-39-20-9-7-18-35(39)37-26-27-38-36-19-8-10-21-40(36)50-42(38)41(37)49/h1-22,24-28,31H,23H2. The second kappa shape index (κ2) is 11.5. The molecule has 9 aromatic rings. The predicted octanol–water partition coefficient (Wildman–Crippen LogP) is 11.5. The van der Waals surface area contributed by atoms with E-state index in [0.717, 1.165) is 73.2 Å². The van der Waals surface area contributed by atoms with Gasteiger partial charge in [0.2, 0.25) is 0 Å². The first kappa shape index (κ1) is 28.4. The Morgan fingerprint density at radius 2 is 1.20 bits per heavy atom. The van der Waals surface area contributed by atoms with E-state index in [0.29, 0.717) is 11.6 Å². The van der Waals surface area contributed by atoms with Crippen LogP contribution in [0.1, 0.15) is 18.2 Å². The minimum atomic E-state index is -0.0143. The van der Waals surface area contributed by atoms with E-state index in [1.807, 2.05) is 36.4 Å². The van der Waals surface area contributed by atoms with E-state index >= 15 is 0 Å². The van der Waals surface area contributed by atoms with Crippen molar-refractivity contribution >= 4 is 49.4 Å². The van der Waals surface area contributed by atoms with Gasteiger partial charge in [-0.15, -0.1) is 0 Å². The zero-order valence-corrected chi connectivity index (χ0v) is 27.1. The number of fused-ring (bicyclic) bond motifs is 7. The van der Waals surface area contributed by atoms with Crippen molar-refractivity contribution in [1.82, 2.24) is 19.5 Å². The molecule has 1 unspecified atom stereocenters. The minimum absolute atomic E-state index is 0.0143. The topological polar surface area (TPSA) is 56.7 Å². The molecule has 0 saturated carbocycles. The summed E-state index contributed by atoms with van der Waals surface area (Å²) in [5.74, 6) is 2.09. The molecule has 10 rings (SSSR count). The minimum Gasteiger partial charge on any atom is -0.454 e. The third kappa shape index (κ3) is 4.66. The molecule has 0 N–H and O–H groups in total. The van der Waals surface area contributed by atoms with Crippen LogP contribution >= 0.6 is 0 Å². The van der Waals surface area contributed by atoms with Crippen LogP contribution in [0.5, 0.6) is 0 Å². The SMILES string of the molecule is C1=CC(c2nc(-c3ccccc3)nc(-c3cccc(-c4ccccc4)c3)n2)CC=C1n1c2ccccc2c2ccc3c4ccccc4oc3c21. The molecule has 0 spiro atoms. The van der Waals surface area contributed by atoms with Gasteiger partial charge in [0.1, 0.15) is 11.4 Å². The van der Waals surface area contributed by atoms with Crippen LogP contribution in [-0.2, 0) is 0 Å². The lowest BCUT2D eigenvalue weighted by atomic mass is 9.97. The quantitative estimate of drug-likeness (QED) is 0.187. The van der Waals surface area contributed by atoms with E-state index < -0.39 is 0 Å². The van der Waals surface area contributed by atoms with Gasteiger partial charge in [0.25, 0.3) is 0 Å². The summed E-state index contributed by atoms with van der Waals surface area (Å²) in [5.41, 5.74) is 9.35. The first-order valence-electron chi connectivity index (χ1n) is 17.0. The first-order valence-corrected chi connectivity index (χ1v) is 17.0. The number of aromatic nitrogens is 4. The summed E-state index contributed by atoms with van der Waals surface area (Å²) in [6, 6.07) is 50.3. The van der Waals surface area contributed by atoms with Crippen molar-refractivity contribution < 1.29 is 4.42 Å². The molecule has 1 aliphatic rings. The highest BCUT2D eigenvalue weighted by Crippen LogP contribution is 2.41. The normalized spacial score (nSPS) is 14.6. The summed E-state index contributed by atoms with van der Waals surface area (Å²) in [5, 5.41) is 4.63. The molecule has 5 nitrogen and oxygen atoms in total. The van der Waals surface area contributed by atoms with Gasteiger partial charge in [0.15, 0.2) is 17.2 Å². The predicted molar refractivity (Wildman–Crippen MR) is 204 cm³/mol. The maximum absolute atomic E-state index is 6.57. The van der Waals surface area contributed by atoms with Crippen molar-refractivity contribution in [3.05, 3.63) is 170 Å². The van der Waals surface area contributed by atoms with Crippen LogP contribution in [0.3, 0.4) is 0 Å². The van der Waals surface area contributed by atoms with Crippen LogP contribution in [0.2, 0.25) is 0 Å². The van der Waals surface area contributed by atoms with Gasteiger partial charge in [-0.05, 0) is 47.9 Å². The van der Waals surface area contributed by atoms with E-state index in [1.54, 1.807) is 0 Å². The molecule has 0 aliphatic heterocycles. The Bertz CT molecular complexity index is 2790. The number of allylic oxidation sites excluding steroid dienone is 4. The Morgan fingerprint density at radius 1 is 0.540 bits per heavy atom. The van der Waals surface area contributed by atoms with Gasteiger partial charge in [-0.3, -0.25) is 0 Å². The van der Waals surface area contributed by atoms with Gasteiger partial charge in [-0.2, -0.15) is 0 Å². The second-order valence-corrected chi connectivity index (χ2v) is 12.8. The van der Waals surface area contributed by atoms with Crippen LogP contribution in [-0.4, -0.2) is 19.5 Å². The van der Waals surface area contributed by atoms with Gasteiger partial charge in [-0.1, -0.05) is 133 Å². The molecule has 1 atom stereocenters. The van der Waals surface area contributed by atoms with Crippen LogP contribution in [0, 0.1) is 0 Å². The van der Waals surface area contributed by atoms with Gasteiger partial charge in [0, 0.05) is 44.3 Å². The summed E-state index contributed by atoms with van der Waals surface area (Å²) in [4.78, 5) is 15.2. The summed E-state index contributed by atoms with van der Waals surface area (Å²) in [7, 11) is 0. The van der Waals surface area contributed by atoms with Crippen LogP contribution in [0.25, 0.3) is 83.3 Å². The molecule has 3 heterocycles. The Labute approximate surface area is 288 Å². The number of nitrogens with zero attached hydrogens (tertiary/aromatic N) is 4. The van der Waals surface area contributed by atoms with E-state index in [9.17, 15) is 0 Å². The highest BCUT2D eigenvalue weighted by atomic mass is 16.3. The number of hydrogen-bond donors (Lipinski definition) is 0. The highest BCUT2D eigenvalue weighted by Gasteiger charge is 2.23. The third-order valence-corrected chi connectivity index (χ3v) is 9.76. The Morgan fingerprint density at radius 3 is 2.00 bits per heavy atom. The fourth-order valence-corrected chi connectivity index (χ4v) is 7.34. The lowest BCUT2D eigenvalue weighted by Gasteiger charge is -2.18. The molecular formula is C45H30N4O. The van der Waals surface area contributed by atoms with Crippen molar-refractivity contribution in [2.24, 2.45) is 0 Å². The summed E-state index contributed by atoms with van der Waals surface area (Å²) in [6.07, 6.45) is 7.50. The molecule has 0 saturated heterocycles. The molecule has 50 heavy (non-hydrogen) atoms. The van der Waals surface area contributed by atoms with E-state index in [-0.39, 0.29) is 5.92 Å². The van der Waals surface area contributed by atoms with Crippen molar-refractivity contribution in [2.75, 3.05) is 0 Å². The molecule has 6 aromatic carbocycles.